The smallest absolute Gasteiger partial charge is 0.337 e. The predicted octanol–water partition coefficient (Wildman–Crippen LogP) is 4.14. The van der Waals surface area contributed by atoms with Gasteiger partial charge in [0, 0.05) is 30.2 Å². The van der Waals surface area contributed by atoms with E-state index in [1.807, 2.05) is 31.2 Å². The van der Waals surface area contributed by atoms with Gasteiger partial charge in [0.25, 0.3) is 0 Å². The van der Waals surface area contributed by atoms with E-state index in [0.29, 0.717) is 30.3 Å². The van der Waals surface area contributed by atoms with Crippen LogP contribution in [0.25, 0.3) is 11.1 Å². The number of nitrogens with zero attached hydrogens (tertiary/aromatic N) is 1. The molecule has 0 radical (unpaired) electrons. The van der Waals surface area contributed by atoms with Crippen LogP contribution in [0.4, 0.5) is 5.69 Å². The number of ether oxygens (including phenoxy) is 1. The molecule has 0 aliphatic carbocycles. The number of nitrogens with two attached hydrogens (primary N) is 2. The number of pyridine rings is 1. The molecule has 1 aromatic heterocycles. The van der Waals surface area contributed by atoms with Crippen LogP contribution in [0.3, 0.4) is 0 Å². The molecule has 35 heavy (non-hydrogen) atoms. The zero-order chi connectivity index (χ0) is 25.5. The first-order valence-corrected chi connectivity index (χ1v) is 11.8. The van der Waals surface area contributed by atoms with E-state index in [1.165, 1.54) is 7.11 Å². The predicted molar refractivity (Wildman–Crippen MR) is 139 cm³/mol. The van der Waals surface area contributed by atoms with Crippen molar-refractivity contribution in [3.05, 3.63) is 82.2 Å². The summed E-state index contributed by atoms with van der Waals surface area (Å²) in [4.78, 5) is 29.6. The van der Waals surface area contributed by atoms with E-state index in [2.05, 4.69) is 19.2 Å². The number of esters is 1. The van der Waals surface area contributed by atoms with Crippen molar-refractivity contribution in [3.8, 4) is 11.1 Å². The summed E-state index contributed by atoms with van der Waals surface area (Å²) in [5.41, 5.74) is 19.6. The minimum absolute atomic E-state index is 0.139. The molecule has 7 heteroatoms. The summed E-state index contributed by atoms with van der Waals surface area (Å²) in [6.45, 7) is 7.03. The number of carbonyl (C=O) groups is 2. The van der Waals surface area contributed by atoms with Crippen molar-refractivity contribution in [2.75, 3.05) is 12.4 Å². The van der Waals surface area contributed by atoms with Gasteiger partial charge < -0.3 is 21.5 Å². The van der Waals surface area contributed by atoms with Gasteiger partial charge in [-0.3, -0.25) is 9.78 Å². The lowest BCUT2D eigenvalue weighted by molar-refractivity contribution is -0.115. The molecule has 1 heterocycles. The zero-order valence-corrected chi connectivity index (χ0v) is 20.9. The average molecular weight is 475 g/mol. The summed E-state index contributed by atoms with van der Waals surface area (Å²) < 4.78 is 4.72. The first-order chi connectivity index (χ1) is 16.8. The molecule has 0 unspecified atom stereocenters. The zero-order valence-electron chi connectivity index (χ0n) is 20.9. The van der Waals surface area contributed by atoms with E-state index in [-0.39, 0.29) is 12.3 Å². The number of aryl methyl sites for hydroxylation is 1. The SMILES string of the molecule is COC(=O)c1ccc(NC(=O)Cc2c(C)nc(CC(C)C)c(CN)c2-c2ccc(CN)cc2)cc1. The van der Waals surface area contributed by atoms with Crippen molar-refractivity contribution < 1.29 is 14.3 Å². The molecular weight excluding hydrogens is 440 g/mol. The maximum atomic E-state index is 13.1. The number of hydrogen-bond donors (Lipinski definition) is 3. The summed E-state index contributed by atoms with van der Waals surface area (Å²) in [6, 6.07) is 14.7. The number of nitrogens with one attached hydrogen (secondary N) is 1. The molecule has 0 aliphatic heterocycles. The number of anilines is 1. The number of carbonyl (C=O) groups excluding carboxylic acids is 2. The van der Waals surface area contributed by atoms with Crippen LogP contribution >= 0.6 is 0 Å². The number of benzene rings is 2. The minimum atomic E-state index is -0.425. The Morgan fingerprint density at radius 1 is 0.971 bits per heavy atom. The highest BCUT2D eigenvalue weighted by Crippen LogP contribution is 2.33. The van der Waals surface area contributed by atoms with Crippen molar-refractivity contribution in [1.82, 2.24) is 4.98 Å². The van der Waals surface area contributed by atoms with E-state index < -0.39 is 5.97 Å². The van der Waals surface area contributed by atoms with E-state index >= 15 is 0 Å². The molecule has 0 saturated heterocycles. The van der Waals surface area contributed by atoms with E-state index in [1.54, 1.807) is 24.3 Å². The van der Waals surface area contributed by atoms with Gasteiger partial charge in [-0.05, 0) is 71.3 Å². The second-order valence-corrected chi connectivity index (χ2v) is 8.97. The molecule has 0 atom stereocenters. The van der Waals surface area contributed by atoms with Crippen LogP contribution in [0.1, 0.15) is 52.3 Å². The molecule has 3 rings (SSSR count). The van der Waals surface area contributed by atoms with Crippen LogP contribution in [0.2, 0.25) is 0 Å². The van der Waals surface area contributed by atoms with Crippen LogP contribution in [0, 0.1) is 12.8 Å². The molecule has 0 saturated carbocycles. The van der Waals surface area contributed by atoms with Crippen LogP contribution in [-0.2, 0) is 35.5 Å². The molecular formula is C28H34N4O3. The second kappa shape index (κ2) is 11.7. The Bertz CT molecular complexity index is 1190. The second-order valence-electron chi connectivity index (χ2n) is 8.97. The molecule has 1 amide bonds. The van der Waals surface area contributed by atoms with Gasteiger partial charge in [-0.25, -0.2) is 4.79 Å². The summed E-state index contributed by atoms with van der Waals surface area (Å²) in [5, 5.41) is 2.92. The third-order valence-electron chi connectivity index (χ3n) is 5.90. The first-order valence-electron chi connectivity index (χ1n) is 11.8. The molecule has 0 fully saturated rings. The first kappa shape index (κ1) is 26.1. The summed E-state index contributed by atoms with van der Waals surface area (Å²) in [6.07, 6.45) is 0.945. The Morgan fingerprint density at radius 3 is 2.17 bits per heavy atom. The summed E-state index contributed by atoms with van der Waals surface area (Å²) in [5.74, 6) is -0.187. The molecule has 2 aromatic carbocycles. The van der Waals surface area contributed by atoms with Crippen molar-refractivity contribution in [3.63, 3.8) is 0 Å². The van der Waals surface area contributed by atoms with Crippen LogP contribution < -0.4 is 16.8 Å². The van der Waals surface area contributed by atoms with Gasteiger partial charge in [0.15, 0.2) is 0 Å². The maximum Gasteiger partial charge on any atom is 0.337 e. The number of amides is 1. The van der Waals surface area contributed by atoms with E-state index in [4.69, 9.17) is 21.2 Å². The van der Waals surface area contributed by atoms with Gasteiger partial charge in [0.1, 0.15) is 0 Å². The van der Waals surface area contributed by atoms with Gasteiger partial charge in [-0.15, -0.1) is 0 Å². The lowest BCUT2D eigenvalue weighted by atomic mass is 9.88. The fraction of sp³-hybridized carbons (Fsp3) is 0.321. The number of hydrogen-bond acceptors (Lipinski definition) is 6. The summed E-state index contributed by atoms with van der Waals surface area (Å²) >= 11 is 0. The van der Waals surface area contributed by atoms with Gasteiger partial charge in [-0.2, -0.15) is 0 Å². The van der Waals surface area contributed by atoms with Crippen molar-refractivity contribution in [2.24, 2.45) is 17.4 Å². The Hall–Kier alpha value is -3.55. The molecule has 5 N–H and O–H groups in total. The molecule has 7 nitrogen and oxygen atoms in total. The monoisotopic (exact) mass is 474 g/mol. The molecule has 0 spiro atoms. The van der Waals surface area contributed by atoms with Crippen LogP contribution in [0.5, 0.6) is 0 Å². The molecule has 184 valence electrons. The highest BCUT2D eigenvalue weighted by Gasteiger charge is 2.21. The van der Waals surface area contributed by atoms with Gasteiger partial charge in [-0.1, -0.05) is 38.1 Å². The van der Waals surface area contributed by atoms with E-state index in [0.717, 1.165) is 45.6 Å². The van der Waals surface area contributed by atoms with Crippen molar-refractivity contribution in [1.29, 1.82) is 0 Å². The third-order valence-corrected chi connectivity index (χ3v) is 5.90. The normalized spacial score (nSPS) is 10.9. The fourth-order valence-electron chi connectivity index (χ4n) is 4.17. The van der Waals surface area contributed by atoms with E-state index in [9.17, 15) is 9.59 Å². The van der Waals surface area contributed by atoms with Crippen molar-refractivity contribution >= 4 is 17.6 Å². The molecule has 0 bridgehead atoms. The molecule has 3 aromatic rings. The highest BCUT2D eigenvalue weighted by atomic mass is 16.5. The van der Waals surface area contributed by atoms with Gasteiger partial charge in [0.2, 0.25) is 5.91 Å². The fourth-order valence-corrected chi connectivity index (χ4v) is 4.17. The summed E-state index contributed by atoms with van der Waals surface area (Å²) in [7, 11) is 1.33. The lowest BCUT2D eigenvalue weighted by Gasteiger charge is -2.21. The Kier molecular flexibility index (Phi) is 8.73. The Balaban J connectivity index is 1.99. The Labute approximate surface area is 206 Å². The van der Waals surface area contributed by atoms with Gasteiger partial charge >= 0.3 is 5.97 Å². The lowest BCUT2D eigenvalue weighted by Crippen LogP contribution is -2.19. The largest absolute Gasteiger partial charge is 0.465 e. The maximum absolute atomic E-state index is 13.1. The number of rotatable bonds is 9. The quantitative estimate of drug-likeness (QED) is 0.401. The Morgan fingerprint density at radius 2 is 1.63 bits per heavy atom. The number of aromatic nitrogens is 1. The minimum Gasteiger partial charge on any atom is -0.465 e. The molecule has 0 aliphatic rings. The average Bonchev–Trinajstić information content (AvgIpc) is 2.85. The van der Waals surface area contributed by atoms with Crippen LogP contribution in [0.15, 0.2) is 48.5 Å². The van der Waals surface area contributed by atoms with Gasteiger partial charge in [0.05, 0.1) is 19.1 Å². The third kappa shape index (κ3) is 6.32. The topological polar surface area (TPSA) is 120 Å². The van der Waals surface area contributed by atoms with Crippen LogP contribution in [-0.4, -0.2) is 24.0 Å². The highest BCUT2D eigenvalue weighted by molar-refractivity contribution is 5.95. The standard InChI is InChI=1S/C28H34N4O3/c1-17(2)13-25-24(16-30)27(20-7-5-19(15-29)6-8-20)23(18(3)31-25)14-26(33)32-22-11-9-21(10-12-22)28(34)35-4/h5-12,17H,13-16,29-30H2,1-4H3,(H,32,33). The number of methoxy groups -OCH3 is 1. The van der Waals surface area contributed by atoms with Crippen molar-refractivity contribution in [2.45, 2.75) is 46.7 Å².